The average Bonchev–Trinajstić information content (AvgIpc) is 2.93. The van der Waals surface area contributed by atoms with Crippen LogP contribution in [0.1, 0.15) is 0 Å². The van der Waals surface area contributed by atoms with E-state index >= 15 is 0 Å². The first-order valence-corrected chi connectivity index (χ1v) is 5.12. The van der Waals surface area contributed by atoms with E-state index < -0.39 is 4.92 Å². The summed E-state index contributed by atoms with van der Waals surface area (Å²) in [7, 11) is 1.81. The lowest BCUT2D eigenvalue weighted by atomic mass is 10.3. The van der Waals surface area contributed by atoms with Crippen LogP contribution in [0.5, 0.6) is 0 Å². The maximum absolute atomic E-state index is 10.6. The molecular formula is C10H8N6O2. The summed E-state index contributed by atoms with van der Waals surface area (Å²) >= 11 is 0. The van der Waals surface area contributed by atoms with E-state index in [-0.39, 0.29) is 5.69 Å². The van der Waals surface area contributed by atoms with Gasteiger partial charge in [-0.3, -0.25) is 14.8 Å². The first-order chi connectivity index (χ1) is 8.63. The van der Waals surface area contributed by atoms with Gasteiger partial charge in [0.05, 0.1) is 16.8 Å². The lowest BCUT2D eigenvalue weighted by Gasteiger charge is -1.91. The van der Waals surface area contributed by atoms with E-state index in [2.05, 4.69) is 15.2 Å². The number of fused-ring (bicyclic) bond motifs is 1. The topological polar surface area (TPSA) is 91.1 Å². The predicted molar refractivity (Wildman–Crippen MR) is 61.8 cm³/mol. The quantitative estimate of drug-likeness (QED) is 0.496. The Hall–Kier alpha value is -2.77. The molecule has 3 heterocycles. The van der Waals surface area contributed by atoms with Gasteiger partial charge in [0.15, 0.2) is 5.65 Å². The van der Waals surface area contributed by atoms with Gasteiger partial charge in [-0.2, -0.15) is 10.2 Å². The smallest absolute Gasteiger partial charge is 0.275 e. The molecule has 90 valence electrons. The van der Waals surface area contributed by atoms with E-state index in [1.165, 1.54) is 16.9 Å². The Bertz CT molecular complexity index is 744. The molecule has 8 nitrogen and oxygen atoms in total. The Kier molecular flexibility index (Phi) is 2.09. The van der Waals surface area contributed by atoms with Crippen LogP contribution >= 0.6 is 0 Å². The zero-order valence-electron chi connectivity index (χ0n) is 9.39. The van der Waals surface area contributed by atoms with Crippen LogP contribution in [0.4, 0.5) is 5.69 Å². The molecule has 0 radical (unpaired) electrons. The summed E-state index contributed by atoms with van der Waals surface area (Å²) in [4.78, 5) is 14.1. The molecule has 0 N–H and O–H groups in total. The normalized spacial score (nSPS) is 10.9. The van der Waals surface area contributed by atoms with Gasteiger partial charge >= 0.3 is 5.69 Å². The number of hydrogen-bond acceptors (Lipinski definition) is 5. The van der Waals surface area contributed by atoms with Crippen LogP contribution in [0.2, 0.25) is 0 Å². The number of nitro groups is 1. The Labute approximate surface area is 101 Å². The largest absolute Gasteiger partial charge is 0.305 e. The summed E-state index contributed by atoms with van der Waals surface area (Å²) in [6.07, 6.45) is 6.04. The van der Waals surface area contributed by atoms with Crippen molar-refractivity contribution in [1.82, 2.24) is 24.4 Å². The highest BCUT2D eigenvalue weighted by molar-refractivity contribution is 5.62. The molecule has 0 amide bonds. The molecule has 18 heavy (non-hydrogen) atoms. The van der Waals surface area contributed by atoms with Crippen molar-refractivity contribution in [2.75, 3.05) is 0 Å². The SMILES string of the molecule is Cn1cc(-c2cc3ncc([N+](=O)[O-])cn3n2)cn1. The minimum absolute atomic E-state index is 0.0941. The molecule has 0 aliphatic carbocycles. The molecule has 8 heteroatoms. The Morgan fingerprint density at radius 3 is 2.83 bits per heavy atom. The van der Waals surface area contributed by atoms with Gasteiger partial charge in [0.25, 0.3) is 0 Å². The van der Waals surface area contributed by atoms with Gasteiger partial charge in [0, 0.05) is 24.9 Å². The van der Waals surface area contributed by atoms with E-state index in [0.29, 0.717) is 11.3 Å². The molecule has 3 aromatic heterocycles. The summed E-state index contributed by atoms with van der Waals surface area (Å²) in [6, 6.07) is 1.75. The third-order valence-corrected chi connectivity index (χ3v) is 2.51. The van der Waals surface area contributed by atoms with E-state index in [0.717, 1.165) is 5.56 Å². The molecule has 0 aliphatic heterocycles. The average molecular weight is 244 g/mol. The first kappa shape index (κ1) is 10.4. The number of aryl methyl sites for hydroxylation is 1. The fraction of sp³-hybridized carbons (Fsp3) is 0.100. The van der Waals surface area contributed by atoms with E-state index in [1.807, 2.05) is 13.2 Å². The minimum Gasteiger partial charge on any atom is -0.275 e. The van der Waals surface area contributed by atoms with Crippen LogP contribution < -0.4 is 0 Å². The third-order valence-electron chi connectivity index (χ3n) is 2.51. The van der Waals surface area contributed by atoms with Crippen LogP contribution in [-0.4, -0.2) is 29.3 Å². The Balaban J connectivity index is 2.13. The van der Waals surface area contributed by atoms with E-state index in [9.17, 15) is 10.1 Å². The van der Waals surface area contributed by atoms with Crippen molar-refractivity contribution in [3.8, 4) is 11.3 Å². The highest BCUT2D eigenvalue weighted by Crippen LogP contribution is 2.19. The second-order valence-electron chi connectivity index (χ2n) is 3.80. The highest BCUT2D eigenvalue weighted by atomic mass is 16.6. The zero-order valence-corrected chi connectivity index (χ0v) is 9.39. The first-order valence-electron chi connectivity index (χ1n) is 5.12. The number of nitrogens with zero attached hydrogens (tertiary/aromatic N) is 6. The van der Waals surface area contributed by atoms with Crippen molar-refractivity contribution in [1.29, 1.82) is 0 Å². The molecular weight excluding hydrogens is 236 g/mol. The Morgan fingerprint density at radius 2 is 2.17 bits per heavy atom. The standard InChI is InChI=1S/C10H8N6O2/c1-14-5-7(3-12-14)9-2-10-11-4-8(16(17)18)6-15(10)13-9/h2-6H,1H3. The van der Waals surface area contributed by atoms with Gasteiger partial charge in [0.1, 0.15) is 12.4 Å². The Morgan fingerprint density at radius 1 is 1.33 bits per heavy atom. The molecule has 0 fully saturated rings. The predicted octanol–water partition coefficient (Wildman–Crippen LogP) is 1.04. The maximum Gasteiger partial charge on any atom is 0.305 e. The van der Waals surface area contributed by atoms with Gasteiger partial charge < -0.3 is 0 Å². The lowest BCUT2D eigenvalue weighted by Crippen LogP contribution is -1.95. The van der Waals surface area contributed by atoms with Crippen LogP contribution in [0.25, 0.3) is 16.9 Å². The minimum atomic E-state index is -0.502. The summed E-state index contributed by atoms with van der Waals surface area (Å²) in [6.45, 7) is 0. The molecule has 0 saturated carbocycles. The lowest BCUT2D eigenvalue weighted by molar-refractivity contribution is -0.385. The van der Waals surface area contributed by atoms with Crippen LogP contribution in [-0.2, 0) is 7.05 Å². The van der Waals surface area contributed by atoms with Gasteiger partial charge in [-0.15, -0.1) is 0 Å². The van der Waals surface area contributed by atoms with Crippen LogP contribution in [0.3, 0.4) is 0 Å². The molecule has 3 rings (SSSR count). The van der Waals surface area contributed by atoms with Crippen molar-refractivity contribution >= 4 is 11.3 Å². The number of aromatic nitrogens is 5. The highest BCUT2D eigenvalue weighted by Gasteiger charge is 2.11. The molecule has 0 bridgehead atoms. The van der Waals surface area contributed by atoms with Crippen molar-refractivity contribution in [3.05, 3.63) is 41.0 Å². The molecule has 0 atom stereocenters. The second-order valence-corrected chi connectivity index (χ2v) is 3.80. The van der Waals surface area contributed by atoms with Gasteiger partial charge in [-0.1, -0.05) is 0 Å². The van der Waals surface area contributed by atoms with E-state index in [1.54, 1.807) is 16.9 Å². The fourth-order valence-electron chi connectivity index (χ4n) is 1.66. The molecule has 3 aromatic rings. The van der Waals surface area contributed by atoms with Crippen molar-refractivity contribution in [2.45, 2.75) is 0 Å². The number of rotatable bonds is 2. The number of hydrogen-bond donors (Lipinski definition) is 0. The van der Waals surface area contributed by atoms with Gasteiger partial charge in [-0.25, -0.2) is 9.50 Å². The van der Waals surface area contributed by atoms with Gasteiger partial charge in [0.2, 0.25) is 0 Å². The van der Waals surface area contributed by atoms with Crippen LogP contribution in [0.15, 0.2) is 30.9 Å². The summed E-state index contributed by atoms with van der Waals surface area (Å²) in [5.74, 6) is 0. The zero-order chi connectivity index (χ0) is 12.7. The van der Waals surface area contributed by atoms with Crippen LogP contribution in [0, 0.1) is 10.1 Å². The summed E-state index contributed by atoms with van der Waals surface area (Å²) in [5.41, 5.74) is 1.98. The third kappa shape index (κ3) is 1.59. The summed E-state index contributed by atoms with van der Waals surface area (Å²) in [5, 5.41) is 18.9. The monoisotopic (exact) mass is 244 g/mol. The van der Waals surface area contributed by atoms with Gasteiger partial charge in [-0.05, 0) is 0 Å². The molecule has 0 aliphatic rings. The fourth-order valence-corrected chi connectivity index (χ4v) is 1.66. The van der Waals surface area contributed by atoms with Crippen molar-refractivity contribution in [2.24, 2.45) is 7.05 Å². The molecule has 0 saturated heterocycles. The van der Waals surface area contributed by atoms with Crippen molar-refractivity contribution in [3.63, 3.8) is 0 Å². The maximum atomic E-state index is 10.6. The second kappa shape index (κ2) is 3.62. The molecule has 0 unspecified atom stereocenters. The summed E-state index contributed by atoms with van der Waals surface area (Å²) < 4.78 is 3.05. The molecule has 0 spiro atoms. The van der Waals surface area contributed by atoms with E-state index in [4.69, 9.17) is 0 Å². The molecule has 0 aromatic carbocycles. The van der Waals surface area contributed by atoms with Crippen molar-refractivity contribution < 1.29 is 4.92 Å².